The average Bonchev–Trinajstić information content (AvgIpc) is 3.53. The van der Waals surface area contributed by atoms with Gasteiger partial charge in [0.25, 0.3) is 0 Å². The van der Waals surface area contributed by atoms with Gasteiger partial charge in [-0.25, -0.2) is 4.79 Å². The second-order valence-electron chi connectivity index (χ2n) is 17.4. The first kappa shape index (κ1) is 49.3. The summed E-state index contributed by atoms with van der Waals surface area (Å²) in [6, 6.07) is 6.18. The molecule has 0 aliphatic carbocycles. The van der Waals surface area contributed by atoms with Gasteiger partial charge in [-0.15, -0.1) is 0 Å². The number of hydrogen-bond donors (Lipinski definition) is 3. The van der Waals surface area contributed by atoms with Gasteiger partial charge in [0.2, 0.25) is 23.6 Å². The van der Waals surface area contributed by atoms with Crippen LogP contribution in [0.1, 0.15) is 94.1 Å². The normalized spacial score (nSPS) is 18.9. The third-order valence-electron chi connectivity index (χ3n) is 11.0. The molecule has 2 rings (SSSR count). The molecule has 0 saturated carbocycles. The first-order chi connectivity index (χ1) is 26.6. The number of hydrogen-bond acceptors (Lipinski definition) is 9. The van der Waals surface area contributed by atoms with Crippen LogP contribution < -0.4 is 16.0 Å². The van der Waals surface area contributed by atoms with Gasteiger partial charge in [0.05, 0.1) is 42.7 Å². The Balaban J connectivity index is 2.35. The summed E-state index contributed by atoms with van der Waals surface area (Å²) in [6.45, 7) is 23.2. The van der Waals surface area contributed by atoms with E-state index in [1.54, 1.807) is 51.6 Å². The molecular weight excluding hydrogens is 727 g/mol. The maximum atomic E-state index is 14.4. The van der Waals surface area contributed by atoms with Crippen molar-refractivity contribution in [1.29, 1.82) is 0 Å². The van der Waals surface area contributed by atoms with Gasteiger partial charge in [-0.05, 0) is 57.6 Å². The number of likely N-dealkylation sites (tertiary alicyclic amines) is 1. The maximum Gasteiger partial charge on any atom is 0.329 e. The minimum absolute atomic E-state index is 0.0155. The number of nitrogens with one attached hydrogen (secondary N) is 3. The number of esters is 1. The smallest absolute Gasteiger partial charge is 0.329 e. The van der Waals surface area contributed by atoms with Crippen LogP contribution in [-0.2, 0) is 44.6 Å². The lowest BCUT2D eigenvalue weighted by Crippen LogP contribution is -2.59. The lowest BCUT2D eigenvalue weighted by molar-refractivity contribution is -0.159. The second kappa shape index (κ2) is 22.4. The molecule has 4 amide bonds. The molecular formula is C44H73N5O8. The lowest BCUT2D eigenvalue weighted by Gasteiger charge is -2.41. The molecule has 9 atom stereocenters. The zero-order chi connectivity index (χ0) is 43.4. The lowest BCUT2D eigenvalue weighted by atomic mass is 9.89. The van der Waals surface area contributed by atoms with Gasteiger partial charge in [0.15, 0.2) is 0 Å². The summed E-state index contributed by atoms with van der Waals surface area (Å²) in [4.78, 5) is 72.4. The van der Waals surface area contributed by atoms with Gasteiger partial charge < -0.3 is 40.0 Å². The van der Waals surface area contributed by atoms with Crippen molar-refractivity contribution in [3.63, 3.8) is 0 Å². The standard InChI is InChI=1S/C44H73N5O8/c1-16-29(7)38(48(13)42(53)37(27(4)5)47-41(52)36(45-12)26(2)3)34(55-14)24-35(50)49-25-28(6)22-33(49)39(56-15)30(8)40(51)46-32(43(54)57-44(9,10)11)23-31-20-18-17-19-21-31/h17-21,26-27,29-30,32-34,36-39,45H,6,16,22-25H2,1-5,7-15H3,(H,46,51)(H,47,52)/t29-,30+,32?,33-,34+,36-,37-,38-,39+/m0/s1. The Morgan fingerprint density at radius 3 is 2.00 bits per heavy atom. The average molecular weight is 800 g/mol. The molecule has 0 aromatic heterocycles. The molecule has 1 fully saturated rings. The second-order valence-corrected chi connectivity index (χ2v) is 17.4. The van der Waals surface area contributed by atoms with E-state index in [4.69, 9.17) is 14.2 Å². The fourth-order valence-electron chi connectivity index (χ4n) is 7.72. The Bertz CT molecular complexity index is 1490. The van der Waals surface area contributed by atoms with Gasteiger partial charge >= 0.3 is 5.97 Å². The molecule has 1 unspecified atom stereocenters. The minimum Gasteiger partial charge on any atom is -0.458 e. The van der Waals surface area contributed by atoms with E-state index in [0.29, 0.717) is 12.8 Å². The van der Waals surface area contributed by atoms with Gasteiger partial charge in [-0.1, -0.05) is 97.4 Å². The van der Waals surface area contributed by atoms with E-state index >= 15 is 0 Å². The van der Waals surface area contributed by atoms with Crippen molar-refractivity contribution in [1.82, 2.24) is 25.8 Å². The highest BCUT2D eigenvalue weighted by molar-refractivity contribution is 5.90. The van der Waals surface area contributed by atoms with E-state index in [1.807, 2.05) is 71.9 Å². The zero-order valence-corrected chi connectivity index (χ0v) is 37.1. The number of ether oxygens (including phenoxy) is 3. The van der Waals surface area contributed by atoms with Crippen LogP contribution >= 0.6 is 0 Å². The number of benzene rings is 1. The van der Waals surface area contributed by atoms with Crippen molar-refractivity contribution in [2.45, 2.75) is 143 Å². The van der Waals surface area contributed by atoms with Crippen molar-refractivity contribution >= 4 is 29.6 Å². The summed E-state index contributed by atoms with van der Waals surface area (Å²) < 4.78 is 17.7. The molecule has 13 heteroatoms. The molecule has 3 N–H and O–H groups in total. The topological polar surface area (TPSA) is 156 Å². The third kappa shape index (κ3) is 13.9. The molecule has 1 aromatic rings. The van der Waals surface area contributed by atoms with Crippen molar-refractivity contribution < 1.29 is 38.2 Å². The number of amides is 4. The van der Waals surface area contributed by atoms with Crippen molar-refractivity contribution in [3.8, 4) is 0 Å². The highest BCUT2D eigenvalue weighted by atomic mass is 16.6. The molecule has 1 aliphatic heterocycles. The fourth-order valence-corrected chi connectivity index (χ4v) is 7.72. The third-order valence-corrected chi connectivity index (χ3v) is 11.0. The number of nitrogens with zero attached hydrogens (tertiary/aromatic N) is 2. The molecule has 57 heavy (non-hydrogen) atoms. The number of carbonyl (C=O) groups excluding carboxylic acids is 5. The Morgan fingerprint density at radius 2 is 1.51 bits per heavy atom. The van der Waals surface area contributed by atoms with Gasteiger partial charge in [-0.2, -0.15) is 0 Å². The summed E-state index contributed by atoms with van der Waals surface area (Å²) in [5.74, 6) is -2.71. The summed E-state index contributed by atoms with van der Waals surface area (Å²) >= 11 is 0. The zero-order valence-electron chi connectivity index (χ0n) is 37.1. The van der Waals surface area contributed by atoms with Crippen LogP contribution in [0.25, 0.3) is 0 Å². The molecule has 0 bridgehead atoms. The number of carbonyl (C=O) groups is 5. The van der Waals surface area contributed by atoms with Crippen LogP contribution in [0, 0.1) is 23.7 Å². The first-order valence-corrected chi connectivity index (χ1v) is 20.4. The SMILES string of the molecule is C=C1C[C@@H]([C@H](OC)[C@@H](C)C(=O)NC(Cc2ccccc2)C(=O)OC(C)(C)C)N(C(=O)C[C@@H](OC)[C@H]([C@@H](C)CC)N(C)C(=O)[C@@H](NC(=O)[C@@H](NC)C(C)C)C(C)C)C1. The van der Waals surface area contributed by atoms with Crippen molar-refractivity contribution in [3.05, 3.63) is 48.0 Å². The van der Waals surface area contributed by atoms with Crippen LogP contribution in [0.2, 0.25) is 0 Å². The Hall–Kier alpha value is -3.81. The quantitative estimate of drug-likeness (QED) is 0.120. The highest BCUT2D eigenvalue weighted by Crippen LogP contribution is 2.31. The van der Waals surface area contributed by atoms with E-state index in [-0.39, 0.29) is 54.9 Å². The number of likely N-dealkylation sites (N-methyl/N-ethyl adjacent to an activating group) is 2. The Labute approximate surface area is 342 Å². The van der Waals surface area contributed by atoms with Crippen LogP contribution in [0.15, 0.2) is 42.5 Å². The van der Waals surface area contributed by atoms with E-state index in [2.05, 4.69) is 22.5 Å². The summed E-state index contributed by atoms with van der Waals surface area (Å²) in [5, 5.41) is 8.94. The largest absolute Gasteiger partial charge is 0.458 e. The highest BCUT2D eigenvalue weighted by Gasteiger charge is 2.44. The summed E-state index contributed by atoms with van der Waals surface area (Å²) in [6.07, 6.45) is -0.0961. The monoisotopic (exact) mass is 800 g/mol. The molecule has 13 nitrogen and oxygen atoms in total. The predicted octanol–water partition coefficient (Wildman–Crippen LogP) is 4.53. The van der Waals surface area contributed by atoms with E-state index in [0.717, 1.165) is 11.1 Å². The number of methoxy groups -OCH3 is 2. The summed E-state index contributed by atoms with van der Waals surface area (Å²) in [5.41, 5.74) is 0.922. The molecule has 0 spiro atoms. The van der Waals surface area contributed by atoms with E-state index < -0.39 is 65.8 Å². The van der Waals surface area contributed by atoms with Crippen molar-refractivity contribution in [2.75, 3.05) is 34.9 Å². The Morgan fingerprint density at radius 1 is 0.912 bits per heavy atom. The molecule has 1 aromatic carbocycles. The summed E-state index contributed by atoms with van der Waals surface area (Å²) in [7, 11) is 6.48. The molecule has 1 heterocycles. The van der Waals surface area contributed by atoms with Crippen LogP contribution in [-0.4, -0.2) is 122 Å². The minimum atomic E-state index is -0.946. The molecule has 322 valence electrons. The van der Waals surface area contributed by atoms with Crippen molar-refractivity contribution in [2.24, 2.45) is 23.7 Å². The van der Waals surface area contributed by atoms with Gasteiger partial charge in [0.1, 0.15) is 17.7 Å². The maximum absolute atomic E-state index is 14.4. The van der Waals surface area contributed by atoms with Crippen LogP contribution in [0.3, 0.4) is 0 Å². The van der Waals surface area contributed by atoms with Crippen LogP contribution in [0.5, 0.6) is 0 Å². The predicted molar refractivity (Wildman–Crippen MR) is 223 cm³/mol. The molecule has 0 radical (unpaired) electrons. The van der Waals surface area contributed by atoms with E-state index in [1.165, 1.54) is 14.2 Å². The van der Waals surface area contributed by atoms with Gasteiger partial charge in [-0.3, -0.25) is 19.2 Å². The number of rotatable bonds is 21. The molecule has 1 aliphatic rings. The first-order valence-electron chi connectivity index (χ1n) is 20.4. The molecule has 1 saturated heterocycles. The fraction of sp³-hybridized carbons (Fsp3) is 0.705. The Kier molecular flexibility index (Phi) is 19.4. The van der Waals surface area contributed by atoms with Gasteiger partial charge in [0, 0.05) is 34.2 Å². The van der Waals surface area contributed by atoms with Crippen LogP contribution in [0.4, 0.5) is 0 Å². The van der Waals surface area contributed by atoms with E-state index in [9.17, 15) is 24.0 Å².